The molecule has 0 bridgehead atoms. The fraction of sp³-hybridized carbons (Fsp3) is 0.238. The zero-order chi connectivity index (χ0) is 19.8. The maximum atomic E-state index is 12.8. The summed E-state index contributed by atoms with van der Waals surface area (Å²) in [6.07, 6.45) is -0.00522. The van der Waals surface area contributed by atoms with Crippen LogP contribution in [0.4, 0.5) is 0 Å². The van der Waals surface area contributed by atoms with Gasteiger partial charge in [0.25, 0.3) is 0 Å². The second-order valence-electron chi connectivity index (χ2n) is 6.32. The van der Waals surface area contributed by atoms with Gasteiger partial charge in [0.1, 0.15) is 5.58 Å². The molecule has 144 valence electrons. The van der Waals surface area contributed by atoms with Gasteiger partial charge in [-0.2, -0.15) is 0 Å². The number of rotatable bonds is 4. The Balaban J connectivity index is 1.98. The van der Waals surface area contributed by atoms with Crippen LogP contribution in [0, 0.1) is 0 Å². The number of methoxy groups -OCH3 is 3. The average Bonchev–Trinajstić information content (AvgIpc) is 2.71. The zero-order valence-electron chi connectivity index (χ0n) is 15.6. The SMILES string of the molecule is COc1cc([C@H]2CC(=O)Oc3c2c(=O)oc2ccccc32)cc(OC)c1OC. The maximum Gasteiger partial charge on any atom is 0.343 e. The summed E-state index contributed by atoms with van der Waals surface area (Å²) in [7, 11) is 4.52. The first-order chi connectivity index (χ1) is 13.6. The van der Waals surface area contributed by atoms with Crippen LogP contribution in [0.2, 0.25) is 0 Å². The summed E-state index contributed by atoms with van der Waals surface area (Å²) in [6, 6.07) is 10.4. The van der Waals surface area contributed by atoms with Crippen LogP contribution < -0.4 is 24.6 Å². The highest BCUT2D eigenvalue weighted by Gasteiger charge is 2.34. The Bertz CT molecular complexity index is 1100. The average molecular weight is 382 g/mol. The summed E-state index contributed by atoms with van der Waals surface area (Å²) in [5.41, 5.74) is 0.784. The first-order valence-corrected chi connectivity index (χ1v) is 8.63. The molecule has 7 nitrogen and oxygen atoms in total. The van der Waals surface area contributed by atoms with Crippen LogP contribution in [-0.2, 0) is 4.79 Å². The van der Waals surface area contributed by atoms with Gasteiger partial charge >= 0.3 is 11.6 Å². The number of benzene rings is 2. The number of para-hydroxylation sites is 1. The van der Waals surface area contributed by atoms with Gasteiger partial charge in [-0.1, -0.05) is 12.1 Å². The Kier molecular flexibility index (Phi) is 4.43. The smallest absolute Gasteiger partial charge is 0.343 e. The molecule has 4 rings (SSSR count). The number of carbonyl (C=O) groups is 1. The molecule has 1 aromatic heterocycles. The quantitative estimate of drug-likeness (QED) is 0.506. The van der Waals surface area contributed by atoms with Crippen molar-refractivity contribution in [3.8, 4) is 23.0 Å². The summed E-state index contributed by atoms with van der Waals surface area (Å²) in [5.74, 6) is 0.539. The number of hydrogen-bond donors (Lipinski definition) is 0. The molecule has 0 saturated carbocycles. The first-order valence-electron chi connectivity index (χ1n) is 8.63. The highest BCUT2D eigenvalue weighted by Crippen LogP contribution is 2.45. The molecular formula is C21H18O7. The number of esters is 1. The van der Waals surface area contributed by atoms with E-state index in [2.05, 4.69) is 0 Å². The predicted molar refractivity (Wildman–Crippen MR) is 101 cm³/mol. The van der Waals surface area contributed by atoms with Crippen LogP contribution in [-0.4, -0.2) is 27.3 Å². The standard InChI is InChI=1S/C21H18O7/c1-24-15-8-11(9-16(25-2)20(15)26-3)13-10-17(22)28-19-12-6-4-5-7-14(12)27-21(23)18(13)19/h4-9,13H,10H2,1-3H3/t13-/m1/s1. The lowest BCUT2D eigenvalue weighted by Crippen LogP contribution is -2.26. The molecule has 0 fully saturated rings. The van der Waals surface area contributed by atoms with Crippen LogP contribution in [0.5, 0.6) is 23.0 Å². The minimum atomic E-state index is -0.564. The van der Waals surface area contributed by atoms with Gasteiger partial charge in [-0.05, 0) is 29.8 Å². The van der Waals surface area contributed by atoms with E-state index < -0.39 is 17.5 Å². The third kappa shape index (κ3) is 2.76. The summed E-state index contributed by atoms with van der Waals surface area (Å²) >= 11 is 0. The molecule has 0 radical (unpaired) electrons. The van der Waals surface area contributed by atoms with E-state index in [1.165, 1.54) is 21.3 Å². The van der Waals surface area contributed by atoms with Crippen LogP contribution in [0.25, 0.3) is 11.0 Å². The Morgan fingerprint density at radius 1 is 0.964 bits per heavy atom. The van der Waals surface area contributed by atoms with Crippen molar-refractivity contribution >= 4 is 16.9 Å². The van der Waals surface area contributed by atoms with Gasteiger partial charge in [-0.15, -0.1) is 0 Å². The molecule has 7 heteroatoms. The van der Waals surface area contributed by atoms with Crippen molar-refractivity contribution in [3.63, 3.8) is 0 Å². The number of carbonyl (C=O) groups excluding carboxylic acids is 1. The largest absolute Gasteiger partial charge is 0.493 e. The first kappa shape index (κ1) is 17.9. The molecular weight excluding hydrogens is 364 g/mol. The van der Waals surface area contributed by atoms with Gasteiger partial charge < -0.3 is 23.4 Å². The lowest BCUT2D eigenvalue weighted by molar-refractivity contribution is -0.135. The molecule has 2 aromatic carbocycles. The zero-order valence-corrected chi connectivity index (χ0v) is 15.6. The van der Waals surface area contributed by atoms with Crippen molar-refractivity contribution in [1.82, 2.24) is 0 Å². The van der Waals surface area contributed by atoms with Crippen molar-refractivity contribution in [2.24, 2.45) is 0 Å². The van der Waals surface area contributed by atoms with E-state index in [9.17, 15) is 9.59 Å². The van der Waals surface area contributed by atoms with E-state index >= 15 is 0 Å². The highest BCUT2D eigenvalue weighted by atomic mass is 16.5. The minimum Gasteiger partial charge on any atom is -0.493 e. The Hall–Kier alpha value is -3.48. The summed E-state index contributed by atoms with van der Waals surface area (Å²) in [4.78, 5) is 25.1. The molecule has 2 heterocycles. The van der Waals surface area contributed by atoms with E-state index in [-0.39, 0.29) is 12.2 Å². The fourth-order valence-corrected chi connectivity index (χ4v) is 3.56. The monoisotopic (exact) mass is 382 g/mol. The van der Waals surface area contributed by atoms with Gasteiger partial charge in [0.05, 0.1) is 38.7 Å². The van der Waals surface area contributed by atoms with E-state index in [1.807, 2.05) is 0 Å². The number of hydrogen-bond acceptors (Lipinski definition) is 7. The Morgan fingerprint density at radius 3 is 2.29 bits per heavy atom. The van der Waals surface area contributed by atoms with Gasteiger partial charge in [0.2, 0.25) is 5.75 Å². The highest BCUT2D eigenvalue weighted by molar-refractivity contribution is 5.90. The van der Waals surface area contributed by atoms with Crippen molar-refractivity contribution in [2.75, 3.05) is 21.3 Å². The second-order valence-corrected chi connectivity index (χ2v) is 6.32. The van der Waals surface area contributed by atoms with Crippen molar-refractivity contribution in [1.29, 1.82) is 0 Å². The van der Waals surface area contributed by atoms with Crippen molar-refractivity contribution in [3.05, 3.63) is 57.9 Å². The lowest BCUT2D eigenvalue weighted by atomic mass is 9.86. The van der Waals surface area contributed by atoms with E-state index in [1.54, 1.807) is 36.4 Å². The van der Waals surface area contributed by atoms with Gasteiger partial charge in [-0.3, -0.25) is 4.79 Å². The van der Waals surface area contributed by atoms with Crippen molar-refractivity contribution < 1.29 is 28.2 Å². The van der Waals surface area contributed by atoms with E-state index in [0.717, 1.165) is 0 Å². The molecule has 1 atom stereocenters. The maximum absolute atomic E-state index is 12.8. The van der Waals surface area contributed by atoms with Gasteiger partial charge in [-0.25, -0.2) is 4.79 Å². The van der Waals surface area contributed by atoms with E-state index in [4.69, 9.17) is 23.4 Å². The lowest BCUT2D eigenvalue weighted by Gasteiger charge is -2.25. The van der Waals surface area contributed by atoms with Crippen LogP contribution in [0.3, 0.4) is 0 Å². The second kappa shape index (κ2) is 6.92. The summed E-state index contributed by atoms with van der Waals surface area (Å²) in [6.45, 7) is 0. The van der Waals surface area contributed by atoms with Crippen LogP contribution in [0.15, 0.2) is 45.6 Å². The molecule has 3 aromatic rings. The van der Waals surface area contributed by atoms with Crippen molar-refractivity contribution in [2.45, 2.75) is 12.3 Å². The van der Waals surface area contributed by atoms with Crippen LogP contribution >= 0.6 is 0 Å². The normalized spacial score (nSPS) is 15.7. The van der Waals surface area contributed by atoms with E-state index in [0.29, 0.717) is 39.3 Å². The molecule has 0 N–H and O–H groups in total. The summed E-state index contributed by atoms with van der Waals surface area (Å²) in [5, 5.41) is 0.572. The number of ether oxygens (including phenoxy) is 4. The molecule has 1 aliphatic heterocycles. The van der Waals surface area contributed by atoms with Crippen LogP contribution in [0.1, 0.15) is 23.5 Å². The van der Waals surface area contributed by atoms with Gasteiger partial charge in [0.15, 0.2) is 17.2 Å². The minimum absolute atomic E-state index is 0.00522. The Labute approximate surface area is 160 Å². The topological polar surface area (TPSA) is 84.2 Å². The third-order valence-electron chi connectivity index (χ3n) is 4.82. The Morgan fingerprint density at radius 2 is 1.64 bits per heavy atom. The predicted octanol–water partition coefficient (Wildman–Crippen LogP) is 3.26. The third-order valence-corrected chi connectivity index (χ3v) is 4.82. The summed E-state index contributed by atoms with van der Waals surface area (Å²) < 4.78 is 27.1. The molecule has 0 unspecified atom stereocenters. The molecule has 0 amide bonds. The molecule has 1 aliphatic rings. The molecule has 28 heavy (non-hydrogen) atoms. The molecule has 0 aliphatic carbocycles. The molecule has 0 saturated heterocycles. The molecule has 0 spiro atoms. The number of fused-ring (bicyclic) bond motifs is 3. The fourth-order valence-electron chi connectivity index (χ4n) is 3.56. The van der Waals surface area contributed by atoms with Gasteiger partial charge in [0, 0.05) is 5.92 Å².